The molecule has 2 aliphatic heterocycles. The molecule has 104 valence electrons. The fourth-order valence-corrected chi connectivity index (χ4v) is 3.06. The Morgan fingerprint density at radius 3 is 2.78 bits per heavy atom. The van der Waals surface area contributed by atoms with E-state index in [4.69, 9.17) is 0 Å². The molecule has 4 heteroatoms. The van der Waals surface area contributed by atoms with Gasteiger partial charge in [-0.1, -0.05) is 6.42 Å². The van der Waals surface area contributed by atoms with Gasteiger partial charge >= 0.3 is 0 Å². The number of nitrogens with one attached hydrogen (secondary N) is 1. The molecule has 0 spiro atoms. The maximum atomic E-state index is 11.7. The first-order valence-corrected chi connectivity index (χ1v) is 7.41. The van der Waals surface area contributed by atoms with Gasteiger partial charge in [-0.15, -0.1) is 0 Å². The summed E-state index contributed by atoms with van der Waals surface area (Å²) in [5, 5.41) is 3.40. The predicted molar refractivity (Wildman–Crippen MR) is 73.5 cm³/mol. The summed E-state index contributed by atoms with van der Waals surface area (Å²) in [6.07, 6.45) is 6.20. The van der Waals surface area contributed by atoms with Crippen molar-refractivity contribution in [2.24, 2.45) is 0 Å². The summed E-state index contributed by atoms with van der Waals surface area (Å²) in [5.41, 5.74) is 0. The maximum absolute atomic E-state index is 11.7. The van der Waals surface area contributed by atoms with E-state index in [0.717, 1.165) is 32.0 Å². The molecule has 4 nitrogen and oxygen atoms in total. The molecule has 0 saturated carbocycles. The van der Waals surface area contributed by atoms with Gasteiger partial charge < -0.3 is 15.1 Å². The zero-order chi connectivity index (χ0) is 13.0. The van der Waals surface area contributed by atoms with Gasteiger partial charge in [0.2, 0.25) is 5.91 Å². The zero-order valence-electron chi connectivity index (χ0n) is 11.8. The molecular weight excluding hydrogens is 226 g/mol. The van der Waals surface area contributed by atoms with Gasteiger partial charge in [-0.05, 0) is 52.2 Å². The minimum absolute atomic E-state index is 0.0776. The zero-order valence-corrected chi connectivity index (χ0v) is 11.8. The van der Waals surface area contributed by atoms with Gasteiger partial charge in [0.05, 0.1) is 6.04 Å². The Kier molecular flexibility index (Phi) is 5.01. The highest BCUT2D eigenvalue weighted by atomic mass is 16.2. The second-order valence-corrected chi connectivity index (χ2v) is 5.79. The molecular formula is C14H27N3O. The van der Waals surface area contributed by atoms with E-state index in [2.05, 4.69) is 17.1 Å². The smallest absolute Gasteiger partial charge is 0.239 e. The first-order chi connectivity index (χ1) is 8.68. The summed E-state index contributed by atoms with van der Waals surface area (Å²) in [7, 11) is 1.89. The predicted octanol–water partition coefficient (Wildman–Crippen LogP) is 1.07. The standard InChI is InChI=1S/C14H27N3O/c1-12-6-3-4-9-17(12)10-5-8-15-13-7-11-16(2)14(13)18/h12-13,15H,3-11H2,1-2H3. The third-order valence-corrected chi connectivity index (χ3v) is 4.38. The molecule has 1 N–H and O–H groups in total. The third kappa shape index (κ3) is 3.45. The number of piperidine rings is 1. The lowest BCUT2D eigenvalue weighted by atomic mass is 10.0. The fourth-order valence-electron chi connectivity index (χ4n) is 3.06. The van der Waals surface area contributed by atoms with Crippen LogP contribution in [0.5, 0.6) is 0 Å². The molecule has 0 radical (unpaired) electrons. The Morgan fingerprint density at radius 1 is 1.28 bits per heavy atom. The van der Waals surface area contributed by atoms with Crippen molar-refractivity contribution in [3.05, 3.63) is 0 Å². The first kappa shape index (κ1) is 13.8. The molecule has 2 atom stereocenters. The number of likely N-dealkylation sites (N-methyl/N-ethyl adjacent to an activating group) is 1. The topological polar surface area (TPSA) is 35.6 Å². The lowest BCUT2D eigenvalue weighted by molar-refractivity contribution is -0.128. The number of nitrogens with zero attached hydrogens (tertiary/aromatic N) is 2. The third-order valence-electron chi connectivity index (χ3n) is 4.38. The lowest BCUT2D eigenvalue weighted by Gasteiger charge is -2.33. The highest BCUT2D eigenvalue weighted by Gasteiger charge is 2.28. The molecule has 2 unspecified atom stereocenters. The number of likely N-dealkylation sites (tertiary alicyclic amines) is 2. The molecule has 0 aliphatic carbocycles. The average Bonchev–Trinajstić information content (AvgIpc) is 2.68. The summed E-state index contributed by atoms with van der Waals surface area (Å²) < 4.78 is 0. The van der Waals surface area contributed by atoms with E-state index in [1.807, 2.05) is 11.9 Å². The molecule has 0 bridgehead atoms. The van der Waals surface area contributed by atoms with Gasteiger partial charge in [0.1, 0.15) is 0 Å². The molecule has 2 rings (SSSR count). The average molecular weight is 253 g/mol. The van der Waals surface area contributed by atoms with Crippen LogP contribution in [0.25, 0.3) is 0 Å². The van der Waals surface area contributed by atoms with Crippen LogP contribution in [0, 0.1) is 0 Å². The first-order valence-electron chi connectivity index (χ1n) is 7.41. The van der Waals surface area contributed by atoms with Crippen LogP contribution in [0.15, 0.2) is 0 Å². The van der Waals surface area contributed by atoms with Gasteiger partial charge in [-0.3, -0.25) is 4.79 Å². The van der Waals surface area contributed by atoms with Gasteiger partial charge in [-0.2, -0.15) is 0 Å². The van der Waals surface area contributed by atoms with E-state index in [9.17, 15) is 4.79 Å². The quantitative estimate of drug-likeness (QED) is 0.745. The SMILES string of the molecule is CC1CCCCN1CCCNC1CCN(C)C1=O. The van der Waals surface area contributed by atoms with Crippen LogP contribution in [-0.4, -0.2) is 61.0 Å². The molecule has 1 amide bonds. The Labute approximate surface area is 111 Å². The Balaban J connectivity index is 1.60. The van der Waals surface area contributed by atoms with Crippen LogP contribution in [-0.2, 0) is 4.79 Å². The highest BCUT2D eigenvalue weighted by Crippen LogP contribution is 2.16. The lowest BCUT2D eigenvalue weighted by Crippen LogP contribution is -2.41. The largest absolute Gasteiger partial charge is 0.344 e. The van der Waals surface area contributed by atoms with Crippen LogP contribution in [0.3, 0.4) is 0 Å². The summed E-state index contributed by atoms with van der Waals surface area (Å²) >= 11 is 0. The van der Waals surface area contributed by atoms with E-state index >= 15 is 0 Å². The summed E-state index contributed by atoms with van der Waals surface area (Å²) in [6, 6.07) is 0.826. The van der Waals surface area contributed by atoms with Crippen LogP contribution in [0.2, 0.25) is 0 Å². The normalized spacial score (nSPS) is 30.1. The number of rotatable bonds is 5. The monoisotopic (exact) mass is 253 g/mol. The van der Waals surface area contributed by atoms with Gasteiger partial charge in [0, 0.05) is 19.6 Å². The summed E-state index contributed by atoms with van der Waals surface area (Å²) in [4.78, 5) is 16.1. The van der Waals surface area contributed by atoms with E-state index < -0.39 is 0 Å². The van der Waals surface area contributed by atoms with Crippen molar-refractivity contribution >= 4 is 5.91 Å². The van der Waals surface area contributed by atoms with Crippen molar-refractivity contribution in [2.45, 2.75) is 51.1 Å². The molecule has 2 aliphatic rings. The fraction of sp³-hybridized carbons (Fsp3) is 0.929. The van der Waals surface area contributed by atoms with Crippen LogP contribution >= 0.6 is 0 Å². The number of carbonyl (C=O) groups is 1. The van der Waals surface area contributed by atoms with Crippen molar-refractivity contribution in [3.8, 4) is 0 Å². The number of hydrogen-bond acceptors (Lipinski definition) is 3. The van der Waals surface area contributed by atoms with Crippen LogP contribution in [0.4, 0.5) is 0 Å². The maximum Gasteiger partial charge on any atom is 0.239 e. The summed E-state index contributed by atoms with van der Waals surface area (Å²) in [6.45, 7) is 6.63. The number of carbonyl (C=O) groups excluding carboxylic acids is 1. The van der Waals surface area contributed by atoms with Crippen molar-refractivity contribution in [1.29, 1.82) is 0 Å². The van der Waals surface area contributed by atoms with Crippen molar-refractivity contribution in [2.75, 3.05) is 33.2 Å². The summed E-state index contributed by atoms with van der Waals surface area (Å²) in [5.74, 6) is 0.265. The Hall–Kier alpha value is -0.610. The molecule has 0 aromatic heterocycles. The van der Waals surface area contributed by atoms with Crippen LogP contribution < -0.4 is 5.32 Å². The molecule has 2 heterocycles. The van der Waals surface area contributed by atoms with E-state index in [1.54, 1.807) is 0 Å². The highest BCUT2D eigenvalue weighted by molar-refractivity contribution is 5.83. The van der Waals surface area contributed by atoms with E-state index in [1.165, 1.54) is 32.4 Å². The van der Waals surface area contributed by atoms with Crippen molar-refractivity contribution < 1.29 is 4.79 Å². The second-order valence-electron chi connectivity index (χ2n) is 5.79. The minimum Gasteiger partial charge on any atom is -0.344 e. The molecule has 2 saturated heterocycles. The number of hydrogen-bond donors (Lipinski definition) is 1. The van der Waals surface area contributed by atoms with Crippen molar-refractivity contribution in [3.63, 3.8) is 0 Å². The molecule has 2 fully saturated rings. The van der Waals surface area contributed by atoms with Crippen molar-refractivity contribution in [1.82, 2.24) is 15.1 Å². The molecule has 18 heavy (non-hydrogen) atoms. The van der Waals surface area contributed by atoms with E-state index in [-0.39, 0.29) is 11.9 Å². The Bertz CT molecular complexity index is 282. The van der Waals surface area contributed by atoms with Gasteiger partial charge in [0.25, 0.3) is 0 Å². The Morgan fingerprint density at radius 2 is 2.11 bits per heavy atom. The van der Waals surface area contributed by atoms with Gasteiger partial charge in [0.15, 0.2) is 0 Å². The second kappa shape index (κ2) is 6.53. The number of amides is 1. The van der Waals surface area contributed by atoms with Gasteiger partial charge in [-0.25, -0.2) is 0 Å². The van der Waals surface area contributed by atoms with Crippen LogP contribution in [0.1, 0.15) is 39.0 Å². The molecule has 0 aromatic carbocycles. The molecule has 0 aromatic rings. The van der Waals surface area contributed by atoms with E-state index in [0.29, 0.717) is 0 Å². The minimum atomic E-state index is 0.0776.